The first-order chi connectivity index (χ1) is 18.2. The largest absolute Gasteiger partial charge is 0.482 e. The minimum atomic E-state index is -1.51. The molecule has 10 heteroatoms. The Balaban J connectivity index is 1.78. The molecular weight excluding hydrogens is 496 g/mol. The van der Waals surface area contributed by atoms with Gasteiger partial charge >= 0.3 is 5.97 Å². The number of amidine groups is 1. The lowest BCUT2D eigenvalue weighted by Gasteiger charge is -2.19. The molecule has 0 aliphatic heterocycles. The molecule has 0 aromatic heterocycles. The molecule has 1 unspecified atom stereocenters. The maximum atomic E-state index is 15.2. The van der Waals surface area contributed by atoms with Crippen LogP contribution in [0, 0.1) is 17.0 Å². The molecule has 3 rings (SSSR count). The molecule has 0 saturated heterocycles. The third kappa shape index (κ3) is 7.36. The molecule has 4 N–H and O–H groups in total. The summed E-state index contributed by atoms with van der Waals surface area (Å²) >= 11 is 0. The first kappa shape index (κ1) is 28.3. The summed E-state index contributed by atoms with van der Waals surface area (Å²) in [6, 6.07) is 15.3. The molecule has 200 valence electrons. The van der Waals surface area contributed by atoms with Gasteiger partial charge in [0.2, 0.25) is 0 Å². The van der Waals surface area contributed by atoms with Crippen molar-refractivity contribution in [2.75, 3.05) is 19.8 Å². The highest BCUT2D eigenvalue weighted by atomic mass is 19.1. The minimum Gasteiger partial charge on any atom is -0.482 e. The van der Waals surface area contributed by atoms with Gasteiger partial charge in [-0.3, -0.25) is 10.2 Å². The smallest absolute Gasteiger partial charge is 0.344 e. The van der Waals surface area contributed by atoms with Gasteiger partial charge in [-0.25, -0.2) is 13.6 Å². The number of carbonyl (C=O) groups is 2. The summed E-state index contributed by atoms with van der Waals surface area (Å²) in [5, 5.41) is 10.1. The first-order valence-corrected chi connectivity index (χ1v) is 11.9. The highest BCUT2D eigenvalue weighted by Gasteiger charge is 2.28. The molecule has 0 radical (unpaired) electrons. The predicted octanol–water partition coefficient (Wildman–Crippen LogP) is 4.25. The Morgan fingerprint density at radius 1 is 0.974 bits per heavy atom. The second-order valence-electron chi connectivity index (χ2n) is 8.14. The van der Waals surface area contributed by atoms with E-state index in [2.05, 4.69) is 5.32 Å². The standard InChI is InChI=1S/C28H29F2N3O5/c1-3-36-24(34)16-38-21-7-5-6-19(12-21)20-13-22(29)25(23(30)14-20)26(37-4-2)28(35)33-15-17-8-10-18(11-9-17)27(31)32/h5-14,26H,3-4,15-16H2,1-2H3,(H3,31,32)(H,33,35). The van der Waals surface area contributed by atoms with Crippen LogP contribution in [0.1, 0.15) is 36.6 Å². The zero-order chi connectivity index (χ0) is 27.7. The molecule has 8 nitrogen and oxygen atoms in total. The summed E-state index contributed by atoms with van der Waals surface area (Å²) in [4.78, 5) is 24.4. The summed E-state index contributed by atoms with van der Waals surface area (Å²) in [7, 11) is 0. The van der Waals surface area contributed by atoms with Gasteiger partial charge < -0.3 is 25.3 Å². The highest BCUT2D eigenvalue weighted by molar-refractivity contribution is 5.94. The van der Waals surface area contributed by atoms with Crippen molar-refractivity contribution in [3.8, 4) is 16.9 Å². The van der Waals surface area contributed by atoms with Crippen molar-refractivity contribution in [1.82, 2.24) is 5.32 Å². The van der Waals surface area contributed by atoms with Gasteiger partial charge in [-0.15, -0.1) is 0 Å². The van der Waals surface area contributed by atoms with Crippen LogP contribution in [0.4, 0.5) is 8.78 Å². The molecule has 0 spiro atoms. The van der Waals surface area contributed by atoms with Gasteiger partial charge in [-0.2, -0.15) is 0 Å². The zero-order valence-electron chi connectivity index (χ0n) is 21.1. The molecule has 0 bridgehead atoms. The third-order valence-electron chi connectivity index (χ3n) is 5.47. The van der Waals surface area contributed by atoms with Crippen molar-refractivity contribution in [2.45, 2.75) is 26.5 Å². The number of nitrogen functional groups attached to an aromatic ring is 1. The van der Waals surface area contributed by atoms with E-state index in [1.165, 1.54) is 6.07 Å². The van der Waals surface area contributed by atoms with Gasteiger partial charge in [0.25, 0.3) is 5.91 Å². The van der Waals surface area contributed by atoms with E-state index in [1.807, 2.05) is 0 Å². The summed E-state index contributed by atoms with van der Waals surface area (Å²) in [5.41, 5.74) is 6.84. The van der Waals surface area contributed by atoms with Crippen molar-refractivity contribution < 1.29 is 32.6 Å². The second-order valence-corrected chi connectivity index (χ2v) is 8.14. The van der Waals surface area contributed by atoms with E-state index in [4.69, 9.17) is 25.4 Å². The number of esters is 1. The van der Waals surface area contributed by atoms with Gasteiger partial charge in [0.1, 0.15) is 23.2 Å². The molecule has 3 aromatic rings. The van der Waals surface area contributed by atoms with Crippen LogP contribution in [0.2, 0.25) is 0 Å². The van der Waals surface area contributed by atoms with E-state index in [0.29, 0.717) is 22.4 Å². The Kier molecular flexibility index (Phi) is 9.89. The lowest BCUT2D eigenvalue weighted by atomic mass is 9.99. The molecule has 0 aliphatic rings. The topological polar surface area (TPSA) is 124 Å². The predicted molar refractivity (Wildman–Crippen MR) is 138 cm³/mol. The number of benzene rings is 3. The molecule has 3 aromatic carbocycles. The fourth-order valence-electron chi connectivity index (χ4n) is 3.65. The summed E-state index contributed by atoms with van der Waals surface area (Å²) < 4.78 is 46.1. The average molecular weight is 526 g/mol. The van der Waals surface area contributed by atoms with Gasteiger partial charge in [-0.1, -0.05) is 36.4 Å². The number of nitrogens with one attached hydrogen (secondary N) is 2. The SMILES string of the molecule is CCOC(=O)COc1cccc(-c2cc(F)c(C(OCC)C(=O)NCc3ccc(C(=N)N)cc3)c(F)c2)c1. The zero-order valence-corrected chi connectivity index (χ0v) is 21.1. The van der Waals surface area contributed by atoms with E-state index in [0.717, 1.165) is 12.1 Å². The van der Waals surface area contributed by atoms with Crippen molar-refractivity contribution >= 4 is 17.7 Å². The molecule has 0 saturated carbocycles. The number of amides is 1. The number of halogens is 2. The molecule has 0 aliphatic carbocycles. The monoisotopic (exact) mass is 525 g/mol. The molecular formula is C28H29F2N3O5. The van der Waals surface area contributed by atoms with Gasteiger partial charge in [0.15, 0.2) is 12.7 Å². The number of nitrogens with two attached hydrogens (primary N) is 1. The van der Waals surface area contributed by atoms with Crippen LogP contribution in [0.5, 0.6) is 5.75 Å². The molecule has 1 atom stereocenters. The van der Waals surface area contributed by atoms with Crippen LogP contribution >= 0.6 is 0 Å². The second kappa shape index (κ2) is 13.3. The molecule has 0 fully saturated rings. The van der Waals surface area contributed by atoms with Crippen LogP contribution in [0.15, 0.2) is 60.7 Å². The summed E-state index contributed by atoms with van der Waals surface area (Å²) in [6.45, 7) is 3.35. The van der Waals surface area contributed by atoms with Gasteiger partial charge in [0, 0.05) is 18.7 Å². The van der Waals surface area contributed by atoms with E-state index >= 15 is 8.78 Å². The Morgan fingerprint density at radius 3 is 2.26 bits per heavy atom. The minimum absolute atomic E-state index is 0.0475. The summed E-state index contributed by atoms with van der Waals surface area (Å²) in [5.74, 6) is -2.89. The lowest BCUT2D eigenvalue weighted by Crippen LogP contribution is -2.31. The maximum absolute atomic E-state index is 15.2. The Bertz CT molecular complexity index is 1270. The van der Waals surface area contributed by atoms with Crippen molar-refractivity contribution in [3.63, 3.8) is 0 Å². The Morgan fingerprint density at radius 2 is 1.66 bits per heavy atom. The Labute approximate surface area is 219 Å². The lowest BCUT2D eigenvalue weighted by molar-refractivity contribution is -0.145. The Hall–Kier alpha value is -4.31. The van der Waals surface area contributed by atoms with E-state index < -0.39 is 35.2 Å². The fraction of sp³-hybridized carbons (Fsp3) is 0.250. The molecule has 1 amide bonds. The quantitative estimate of drug-likeness (QED) is 0.185. The fourth-order valence-corrected chi connectivity index (χ4v) is 3.65. The van der Waals surface area contributed by atoms with Gasteiger partial charge in [0.05, 0.1) is 12.2 Å². The van der Waals surface area contributed by atoms with E-state index in [9.17, 15) is 9.59 Å². The number of hydrogen-bond acceptors (Lipinski definition) is 6. The van der Waals surface area contributed by atoms with Crippen LogP contribution in [-0.4, -0.2) is 37.5 Å². The van der Waals surface area contributed by atoms with E-state index in [1.54, 1.807) is 56.3 Å². The van der Waals surface area contributed by atoms with Crippen molar-refractivity contribution in [3.05, 3.63) is 89.0 Å². The molecule has 38 heavy (non-hydrogen) atoms. The normalized spacial score (nSPS) is 11.5. The van der Waals surface area contributed by atoms with Crippen LogP contribution in [-0.2, 0) is 25.6 Å². The first-order valence-electron chi connectivity index (χ1n) is 11.9. The number of ether oxygens (including phenoxy) is 3. The van der Waals surface area contributed by atoms with Crippen molar-refractivity contribution in [2.24, 2.45) is 5.73 Å². The average Bonchev–Trinajstić information content (AvgIpc) is 2.90. The van der Waals surface area contributed by atoms with Crippen LogP contribution < -0.4 is 15.8 Å². The highest BCUT2D eigenvalue weighted by Crippen LogP contribution is 2.31. The van der Waals surface area contributed by atoms with Crippen molar-refractivity contribution in [1.29, 1.82) is 5.41 Å². The van der Waals surface area contributed by atoms with Crippen LogP contribution in [0.3, 0.4) is 0 Å². The van der Waals surface area contributed by atoms with Gasteiger partial charge in [-0.05, 0) is 54.8 Å². The van der Waals surface area contributed by atoms with Crippen LogP contribution in [0.25, 0.3) is 11.1 Å². The molecule has 0 heterocycles. The maximum Gasteiger partial charge on any atom is 0.344 e. The number of rotatable bonds is 12. The summed E-state index contributed by atoms with van der Waals surface area (Å²) in [6.07, 6.45) is -1.51. The number of carbonyl (C=O) groups excluding carboxylic acids is 2. The van der Waals surface area contributed by atoms with E-state index in [-0.39, 0.29) is 37.8 Å². The third-order valence-corrected chi connectivity index (χ3v) is 5.47. The number of hydrogen-bond donors (Lipinski definition) is 3.